The van der Waals surface area contributed by atoms with Crippen LogP contribution in [0.4, 0.5) is 19.0 Å². The summed E-state index contributed by atoms with van der Waals surface area (Å²) in [4.78, 5) is 14.7. The number of nitrogens with zero attached hydrogens (tertiary/aromatic N) is 1. The van der Waals surface area contributed by atoms with Crippen molar-refractivity contribution in [2.45, 2.75) is 32.0 Å². The van der Waals surface area contributed by atoms with Crippen molar-refractivity contribution in [3.05, 3.63) is 23.4 Å². The quantitative estimate of drug-likeness (QED) is 0.885. The molecule has 0 spiro atoms. The van der Waals surface area contributed by atoms with Crippen LogP contribution in [0.15, 0.2) is 12.1 Å². The fourth-order valence-electron chi connectivity index (χ4n) is 1.98. The first-order chi connectivity index (χ1) is 8.82. The number of halogens is 3. The van der Waals surface area contributed by atoms with Gasteiger partial charge in [-0.2, -0.15) is 13.2 Å². The number of anilines is 1. The molecule has 0 saturated heterocycles. The van der Waals surface area contributed by atoms with E-state index in [1.807, 2.05) is 6.92 Å². The summed E-state index contributed by atoms with van der Waals surface area (Å²) in [6, 6.07) is 1.89. The normalized spacial score (nSPS) is 22.1. The van der Waals surface area contributed by atoms with Gasteiger partial charge >= 0.3 is 6.18 Å². The first-order valence-corrected chi connectivity index (χ1v) is 5.97. The minimum absolute atomic E-state index is 0.0187. The van der Waals surface area contributed by atoms with Crippen LogP contribution in [-0.2, 0) is 6.18 Å². The molecule has 0 aromatic carbocycles. The summed E-state index contributed by atoms with van der Waals surface area (Å²) in [5.74, 6) is -0.460. The van der Waals surface area contributed by atoms with Crippen LogP contribution in [-0.4, -0.2) is 16.9 Å². The van der Waals surface area contributed by atoms with Crippen LogP contribution >= 0.6 is 0 Å². The maximum absolute atomic E-state index is 12.6. The molecular weight excluding hydrogens is 259 g/mol. The van der Waals surface area contributed by atoms with Crippen LogP contribution in [0.1, 0.15) is 35.8 Å². The van der Waals surface area contributed by atoms with E-state index >= 15 is 0 Å². The number of carbonyl (C=O) groups excluding carboxylic acids is 1. The summed E-state index contributed by atoms with van der Waals surface area (Å²) in [7, 11) is 0. The molecule has 1 saturated carbocycles. The lowest BCUT2D eigenvalue weighted by Crippen LogP contribution is -2.19. The fourth-order valence-corrected chi connectivity index (χ4v) is 1.98. The third-order valence-electron chi connectivity index (χ3n) is 3.22. The summed E-state index contributed by atoms with van der Waals surface area (Å²) >= 11 is 0. The molecule has 2 atom stereocenters. The van der Waals surface area contributed by atoms with Gasteiger partial charge in [0.25, 0.3) is 5.91 Å². The smallest absolute Gasteiger partial charge is 0.366 e. The summed E-state index contributed by atoms with van der Waals surface area (Å²) in [6.07, 6.45) is -2.74. The van der Waals surface area contributed by atoms with Crippen LogP contribution in [0.5, 0.6) is 0 Å². The number of amides is 1. The summed E-state index contributed by atoms with van der Waals surface area (Å²) in [6.45, 7) is 2.00. The lowest BCUT2D eigenvalue weighted by Gasteiger charge is -2.12. The monoisotopic (exact) mass is 273 g/mol. The zero-order valence-electron chi connectivity index (χ0n) is 10.3. The molecule has 7 heteroatoms. The maximum atomic E-state index is 12.6. The zero-order chi connectivity index (χ0) is 14.2. The average molecular weight is 273 g/mol. The number of hydrogen-bond acceptors (Lipinski definition) is 3. The number of carbonyl (C=O) groups is 1. The second-order valence-corrected chi connectivity index (χ2v) is 4.61. The van der Waals surface area contributed by atoms with Gasteiger partial charge in [-0.25, -0.2) is 4.98 Å². The molecule has 2 rings (SSSR count). The lowest BCUT2D eigenvalue weighted by molar-refractivity contribution is -0.141. The highest BCUT2D eigenvalue weighted by molar-refractivity contribution is 5.97. The van der Waals surface area contributed by atoms with Crippen molar-refractivity contribution >= 4 is 11.7 Å². The molecule has 1 aliphatic rings. The lowest BCUT2D eigenvalue weighted by atomic mass is 10.2. The van der Waals surface area contributed by atoms with E-state index in [4.69, 9.17) is 5.73 Å². The molecule has 1 amide bonds. The zero-order valence-corrected chi connectivity index (χ0v) is 10.3. The van der Waals surface area contributed by atoms with Gasteiger partial charge in [-0.05, 0) is 24.5 Å². The van der Waals surface area contributed by atoms with Gasteiger partial charge in [0.1, 0.15) is 11.5 Å². The van der Waals surface area contributed by atoms with Gasteiger partial charge in [0, 0.05) is 6.04 Å². The third kappa shape index (κ3) is 2.97. The van der Waals surface area contributed by atoms with Crippen molar-refractivity contribution in [3.8, 4) is 0 Å². The molecule has 0 aliphatic heterocycles. The Labute approximate surface area is 108 Å². The van der Waals surface area contributed by atoms with Crippen LogP contribution in [0.3, 0.4) is 0 Å². The molecular formula is C12H14F3N3O. The highest BCUT2D eigenvalue weighted by Gasteiger charge is 2.38. The molecule has 0 bridgehead atoms. The van der Waals surface area contributed by atoms with Gasteiger partial charge in [-0.15, -0.1) is 0 Å². The maximum Gasteiger partial charge on any atom is 0.433 e. The van der Waals surface area contributed by atoms with Crippen molar-refractivity contribution in [2.75, 3.05) is 5.32 Å². The van der Waals surface area contributed by atoms with Crippen molar-refractivity contribution in [1.82, 2.24) is 4.98 Å². The molecule has 1 aromatic rings. The molecule has 1 aliphatic carbocycles. The fraction of sp³-hybridized carbons (Fsp3) is 0.500. The van der Waals surface area contributed by atoms with Crippen LogP contribution in [0.2, 0.25) is 0 Å². The van der Waals surface area contributed by atoms with E-state index in [1.54, 1.807) is 0 Å². The molecule has 19 heavy (non-hydrogen) atoms. The third-order valence-corrected chi connectivity index (χ3v) is 3.22. The van der Waals surface area contributed by atoms with E-state index < -0.39 is 17.8 Å². The van der Waals surface area contributed by atoms with Gasteiger partial charge in [0.05, 0.1) is 5.56 Å². The summed E-state index contributed by atoms with van der Waals surface area (Å²) in [5, 5.41) is 2.87. The van der Waals surface area contributed by atoms with Gasteiger partial charge in [-0.3, -0.25) is 4.79 Å². The van der Waals surface area contributed by atoms with Crippen molar-refractivity contribution in [2.24, 2.45) is 11.7 Å². The number of pyridine rings is 1. The van der Waals surface area contributed by atoms with Crippen molar-refractivity contribution in [1.29, 1.82) is 0 Å². The summed E-state index contributed by atoms with van der Waals surface area (Å²) < 4.78 is 37.8. The molecule has 2 unspecified atom stereocenters. The number of nitrogens with two attached hydrogens (primary N) is 1. The van der Waals surface area contributed by atoms with E-state index in [1.165, 1.54) is 0 Å². The summed E-state index contributed by atoms with van der Waals surface area (Å²) in [5.41, 5.74) is 4.08. The first-order valence-electron chi connectivity index (χ1n) is 5.97. The first kappa shape index (κ1) is 13.6. The largest absolute Gasteiger partial charge is 0.433 e. The molecule has 1 fully saturated rings. The topological polar surface area (TPSA) is 68.0 Å². The Morgan fingerprint density at radius 3 is 2.68 bits per heavy atom. The average Bonchev–Trinajstić information content (AvgIpc) is 3.06. The van der Waals surface area contributed by atoms with E-state index in [0.717, 1.165) is 25.0 Å². The Morgan fingerprint density at radius 1 is 1.53 bits per heavy atom. The van der Waals surface area contributed by atoms with E-state index in [2.05, 4.69) is 10.3 Å². The molecule has 104 valence electrons. The van der Waals surface area contributed by atoms with Crippen LogP contribution < -0.4 is 11.1 Å². The second-order valence-electron chi connectivity index (χ2n) is 4.61. The minimum Gasteiger partial charge on any atom is -0.366 e. The SMILES string of the molecule is CCC1CC1Nc1nc(C(F)(F)F)ccc1C(N)=O. The number of hydrogen-bond donors (Lipinski definition) is 2. The number of nitrogens with one attached hydrogen (secondary N) is 1. The Hall–Kier alpha value is -1.79. The van der Waals surface area contributed by atoms with Gasteiger partial charge < -0.3 is 11.1 Å². The van der Waals surface area contributed by atoms with Crippen molar-refractivity contribution < 1.29 is 18.0 Å². The van der Waals surface area contributed by atoms with Gasteiger partial charge in [0.2, 0.25) is 0 Å². The van der Waals surface area contributed by atoms with E-state index in [9.17, 15) is 18.0 Å². The highest BCUT2D eigenvalue weighted by atomic mass is 19.4. The number of rotatable bonds is 4. The second kappa shape index (κ2) is 4.71. The Morgan fingerprint density at radius 2 is 2.21 bits per heavy atom. The Bertz CT molecular complexity index is 501. The predicted octanol–water partition coefficient (Wildman–Crippen LogP) is 2.41. The Kier molecular flexibility index (Phi) is 3.38. The van der Waals surface area contributed by atoms with Crippen LogP contribution in [0.25, 0.3) is 0 Å². The van der Waals surface area contributed by atoms with E-state index in [-0.39, 0.29) is 17.4 Å². The van der Waals surface area contributed by atoms with Gasteiger partial charge in [0.15, 0.2) is 0 Å². The minimum atomic E-state index is -4.54. The van der Waals surface area contributed by atoms with Crippen molar-refractivity contribution in [3.63, 3.8) is 0 Å². The number of aromatic nitrogens is 1. The number of primary amides is 1. The highest BCUT2D eigenvalue weighted by Crippen LogP contribution is 2.37. The van der Waals surface area contributed by atoms with Crippen LogP contribution in [0, 0.1) is 5.92 Å². The van der Waals surface area contributed by atoms with Gasteiger partial charge in [-0.1, -0.05) is 13.3 Å². The Balaban J connectivity index is 2.29. The van der Waals surface area contributed by atoms with E-state index in [0.29, 0.717) is 5.92 Å². The molecule has 3 N–H and O–H groups in total. The molecule has 0 radical (unpaired) electrons. The molecule has 1 heterocycles. The standard InChI is InChI=1S/C12H14F3N3O/c1-2-6-5-8(6)17-11-7(10(16)19)3-4-9(18-11)12(13,14)15/h3-4,6,8H,2,5H2,1H3,(H2,16,19)(H,17,18). The number of alkyl halides is 3. The molecule has 1 aromatic heterocycles. The predicted molar refractivity (Wildman–Crippen MR) is 63.6 cm³/mol. The molecule has 4 nitrogen and oxygen atoms in total.